The molecule has 0 aliphatic carbocycles. The van der Waals surface area contributed by atoms with Crippen molar-refractivity contribution in [1.82, 2.24) is 19.7 Å². The van der Waals surface area contributed by atoms with Gasteiger partial charge in [0.15, 0.2) is 0 Å². The van der Waals surface area contributed by atoms with Crippen LogP contribution in [-0.2, 0) is 6.54 Å². The van der Waals surface area contributed by atoms with E-state index < -0.39 is 17.7 Å². The minimum atomic E-state index is -0.633. The molecule has 0 bridgehead atoms. The molecular formula is C29H34F2N4O2. The molecule has 2 aromatic rings. The molecule has 37 heavy (non-hydrogen) atoms. The molecule has 0 unspecified atom stereocenters. The number of hydrogen-bond acceptors (Lipinski definition) is 3. The molecule has 1 atom stereocenters. The smallest absolute Gasteiger partial charge is 0.320 e. The van der Waals surface area contributed by atoms with E-state index in [1.807, 2.05) is 42.6 Å². The number of nitrogens with zero attached hydrogens (tertiary/aromatic N) is 3. The molecule has 2 fully saturated rings. The summed E-state index contributed by atoms with van der Waals surface area (Å²) in [5.41, 5.74) is 2.04. The van der Waals surface area contributed by atoms with Crippen molar-refractivity contribution in [2.24, 2.45) is 5.92 Å². The summed E-state index contributed by atoms with van der Waals surface area (Å²) < 4.78 is 29.3. The van der Waals surface area contributed by atoms with E-state index >= 15 is 0 Å². The molecule has 6 nitrogen and oxygen atoms in total. The van der Waals surface area contributed by atoms with Crippen molar-refractivity contribution in [3.05, 3.63) is 95.0 Å². The Morgan fingerprint density at radius 2 is 1.81 bits per heavy atom. The van der Waals surface area contributed by atoms with Crippen LogP contribution in [0.3, 0.4) is 0 Å². The quantitative estimate of drug-likeness (QED) is 0.565. The van der Waals surface area contributed by atoms with Crippen molar-refractivity contribution in [1.29, 1.82) is 0 Å². The Bertz CT molecular complexity index is 1230. The number of likely N-dealkylation sites (tertiary alicyclic amines) is 1. The Hall–Kier alpha value is -3.52. The fourth-order valence-corrected chi connectivity index (χ4v) is 4.93. The van der Waals surface area contributed by atoms with Crippen LogP contribution in [0.15, 0.2) is 89.4 Å². The highest BCUT2D eigenvalue weighted by Gasteiger charge is 2.34. The van der Waals surface area contributed by atoms with Crippen molar-refractivity contribution in [3.8, 4) is 11.1 Å². The average Bonchev–Trinajstić information content (AvgIpc) is 2.93. The van der Waals surface area contributed by atoms with Gasteiger partial charge >= 0.3 is 6.03 Å². The monoisotopic (exact) mass is 508 g/mol. The summed E-state index contributed by atoms with van der Waals surface area (Å²) in [6.45, 7) is 8.30. The lowest BCUT2D eigenvalue weighted by Gasteiger charge is -2.42. The summed E-state index contributed by atoms with van der Waals surface area (Å²) in [5.74, 6) is -0.852. The zero-order valence-corrected chi connectivity index (χ0v) is 21.2. The molecule has 196 valence electrons. The Kier molecular flexibility index (Phi) is 8.71. The number of piperidine rings is 1. The van der Waals surface area contributed by atoms with Crippen LogP contribution in [0.5, 0.6) is 0 Å². The van der Waals surface area contributed by atoms with Crippen LogP contribution < -0.4 is 10.9 Å². The summed E-state index contributed by atoms with van der Waals surface area (Å²) in [7, 11) is 0. The van der Waals surface area contributed by atoms with Gasteiger partial charge in [0.2, 0.25) is 0 Å². The standard InChI is InChI=1S/C29H34F2N4O2/c1-21(30)8-9-26(31)22(2)27-19-32-13-17-35(27)29(37)33-14-10-23(11-15-33)20-34-16-12-25(18-28(34)36)24-6-4-3-5-7-24/h3-9,12,16,18,23,27,32H,2,10-11,13-15,17,19-20H2,1H3/b21-8+,26-9+/t27-/m0/s1. The van der Waals surface area contributed by atoms with E-state index in [9.17, 15) is 18.4 Å². The van der Waals surface area contributed by atoms with Gasteiger partial charge in [-0.1, -0.05) is 36.9 Å². The molecule has 0 radical (unpaired) electrons. The number of carbonyl (C=O) groups is 1. The molecule has 0 saturated carbocycles. The first kappa shape index (κ1) is 26.5. The Balaban J connectivity index is 1.35. The van der Waals surface area contributed by atoms with Crippen LogP contribution in [0, 0.1) is 5.92 Å². The van der Waals surface area contributed by atoms with E-state index in [0.717, 1.165) is 36.1 Å². The zero-order valence-electron chi connectivity index (χ0n) is 21.2. The molecule has 3 heterocycles. The second kappa shape index (κ2) is 12.1. The fourth-order valence-electron chi connectivity index (χ4n) is 4.93. The first-order chi connectivity index (χ1) is 17.8. The second-order valence-electron chi connectivity index (χ2n) is 9.69. The van der Waals surface area contributed by atoms with Gasteiger partial charge in [-0.25, -0.2) is 13.6 Å². The van der Waals surface area contributed by atoms with Gasteiger partial charge < -0.3 is 19.7 Å². The van der Waals surface area contributed by atoms with Gasteiger partial charge in [-0.05, 0) is 55.0 Å². The molecule has 1 aromatic heterocycles. The minimum Gasteiger partial charge on any atom is -0.325 e. The average molecular weight is 509 g/mol. The van der Waals surface area contributed by atoms with Gasteiger partial charge in [0.25, 0.3) is 5.56 Å². The van der Waals surface area contributed by atoms with Crippen LogP contribution in [0.1, 0.15) is 19.8 Å². The Labute approximate surface area is 216 Å². The number of rotatable bonds is 6. The number of aromatic nitrogens is 1. The van der Waals surface area contributed by atoms with E-state index in [-0.39, 0.29) is 23.1 Å². The van der Waals surface area contributed by atoms with Crippen molar-refractivity contribution in [2.75, 3.05) is 32.7 Å². The summed E-state index contributed by atoms with van der Waals surface area (Å²) >= 11 is 0. The molecular weight excluding hydrogens is 474 g/mol. The summed E-state index contributed by atoms with van der Waals surface area (Å²) in [4.78, 5) is 29.5. The lowest BCUT2D eigenvalue weighted by atomic mass is 9.96. The molecule has 4 rings (SSSR count). The largest absolute Gasteiger partial charge is 0.325 e. The number of urea groups is 1. The van der Waals surface area contributed by atoms with Crippen LogP contribution in [0.4, 0.5) is 13.6 Å². The maximum absolute atomic E-state index is 14.6. The number of amides is 2. The second-order valence-corrected chi connectivity index (χ2v) is 9.69. The number of hydrogen-bond donors (Lipinski definition) is 1. The number of pyridine rings is 1. The maximum atomic E-state index is 14.6. The molecule has 2 amide bonds. The van der Waals surface area contributed by atoms with Gasteiger partial charge in [-0.15, -0.1) is 0 Å². The number of halogens is 2. The topological polar surface area (TPSA) is 57.6 Å². The summed E-state index contributed by atoms with van der Waals surface area (Å²) in [5, 5.41) is 3.19. The molecule has 2 aliphatic heterocycles. The summed E-state index contributed by atoms with van der Waals surface area (Å²) in [6.07, 6.45) is 5.51. The number of benzene rings is 1. The van der Waals surface area contributed by atoms with Crippen LogP contribution in [-0.4, -0.2) is 59.2 Å². The predicted molar refractivity (Wildman–Crippen MR) is 142 cm³/mol. The first-order valence-electron chi connectivity index (χ1n) is 12.7. The molecule has 1 N–H and O–H groups in total. The van der Waals surface area contributed by atoms with E-state index in [2.05, 4.69) is 11.9 Å². The van der Waals surface area contributed by atoms with Crippen LogP contribution >= 0.6 is 0 Å². The number of carbonyl (C=O) groups excluding carboxylic acids is 1. The third kappa shape index (κ3) is 6.63. The highest BCUT2D eigenvalue weighted by Crippen LogP contribution is 2.25. The molecule has 2 saturated heterocycles. The van der Waals surface area contributed by atoms with Gasteiger partial charge in [0, 0.05) is 57.1 Å². The maximum Gasteiger partial charge on any atom is 0.320 e. The normalized spacial score (nSPS) is 19.7. The Morgan fingerprint density at radius 3 is 2.49 bits per heavy atom. The third-order valence-electron chi connectivity index (χ3n) is 7.10. The summed E-state index contributed by atoms with van der Waals surface area (Å²) in [6, 6.07) is 12.8. The highest BCUT2D eigenvalue weighted by molar-refractivity contribution is 5.76. The number of nitrogens with one attached hydrogen (secondary N) is 1. The Morgan fingerprint density at radius 1 is 1.08 bits per heavy atom. The molecule has 2 aliphatic rings. The van der Waals surface area contributed by atoms with Crippen molar-refractivity contribution in [3.63, 3.8) is 0 Å². The number of piperazine rings is 1. The minimum absolute atomic E-state index is 0.0325. The first-order valence-corrected chi connectivity index (χ1v) is 12.7. The van der Waals surface area contributed by atoms with Crippen molar-refractivity contribution < 1.29 is 13.6 Å². The van der Waals surface area contributed by atoms with Gasteiger partial charge in [0.05, 0.1) is 11.9 Å². The van der Waals surface area contributed by atoms with Crippen molar-refractivity contribution >= 4 is 6.03 Å². The molecule has 1 aromatic carbocycles. The predicted octanol–water partition coefficient (Wildman–Crippen LogP) is 4.90. The lowest BCUT2D eigenvalue weighted by molar-refractivity contribution is 0.111. The van der Waals surface area contributed by atoms with E-state index in [1.165, 1.54) is 6.92 Å². The van der Waals surface area contributed by atoms with Gasteiger partial charge in [-0.2, -0.15) is 0 Å². The lowest BCUT2D eigenvalue weighted by Crippen LogP contribution is -2.58. The van der Waals surface area contributed by atoms with Crippen LogP contribution in [0.2, 0.25) is 0 Å². The molecule has 8 heteroatoms. The highest BCUT2D eigenvalue weighted by atomic mass is 19.1. The third-order valence-corrected chi connectivity index (χ3v) is 7.10. The van der Waals surface area contributed by atoms with Crippen molar-refractivity contribution in [2.45, 2.75) is 32.4 Å². The van der Waals surface area contributed by atoms with Gasteiger partial charge in [0.1, 0.15) is 5.83 Å². The van der Waals surface area contributed by atoms with E-state index in [0.29, 0.717) is 39.3 Å². The van der Waals surface area contributed by atoms with Crippen LogP contribution in [0.25, 0.3) is 11.1 Å². The van der Waals surface area contributed by atoms with E-state index in [4.69, 9.17) is 0 Å². The fraction of sp³-hybridized carbons (Fsp3) is 0.379. The number of allylic oxidation sites excluding steroid dienone is 3. The SMILES string of the molecule is C=C(/C(F)=C\C=C(/C)F)[C@@H]1CNCCN1C(=O)N1CCC(Cn2ccc(-c3ccccc3)cc2=O)CC1. The molecule has 0 spiro atoms. The van der Waals surface area contributed by atoms with Gasteiger partial charge in [-0.3, -0.25) is 4.79 Å². The van der Waals surface area contributed by atoms with E-state index in [1.54, 1.807) is 20.4 Å². The zero-order chi connectivity index (χ0) is 26.4.